The van der Waals surface area contributed by atoms with Gasteiger partial charge in [0.15, 0.2) is 0 Å². The summed E-state index contributed by atoms with van der Waals surface area (Å²) in [6.07, 6.45) is 10.2. The molecule has 0 N–H and O–H groups in total. The number of fused-ring (bicyclic) bond motifs is 1. The molecule has 0 aliphatic heterocycles. The van der Waals surface area contributed by atoms with Crippen LogP contribution in [0.2, 0.25) is 0 Å². The molecule has 2 rings (SSSR count). The van der Waals surface area contributed by atoms with Gasteiger partial charge in [0, 0.05) is 28.7 Å². The molecule has 2 aromatic rings. The van der Waals surface area contributed by atoms with Crippen molar-refractivity contribution in [3.63, 3.8) is 0 Å². The molecule has 0 aliphatic rings. The first-order valence-electron chi connectivity index (χ1n) is 4.69. The van der Waals surface area contributed by atoms with Gasteiger partial charge in [-0.15, -0.1) is 6.42 Å². The van der Waals surface area contributed by atoms with E-state index in [9.17, 15) is 0 Å². The van der Waals surface area contributed by atoms with Crippen molar-refractivity contribution in [1.82, 2.24) is 4.98 Å². The second-order valence-corrected chi connectivity index (χ2v) is 3.20. The van der Waals surface area contributed by atoms with Crippen molar-refractivity contribution in [3.8, 4) is 12.3 Å². The van der Waals surface area contributed by atoms with E-state index in [0.717, 1.165) is 17.4 Å². The molecule has 1 heterocycles. The minimum absolute atomic E-state index is 0.960. The number of aromatic nitrogens is 1. The van der Waals surface area contributed by atoms with E-state index in [4.69, 9.17) is 6.42 Å². The SMILES string of the molecule is C#Cc1cccc2cncc(CC)c12. The van der Waals surface area contributed by atoms with Gasteiger partial charge in [0.1, 0.15) is 0 Å². The summed E-state index contributed by atoms with van der Waals surface area (Å²) in [6, 6.07) is 5.99. The van der Waals surface area contributed by atoms with Crippen LogP contribution in [0.25, 0.3) is 10.8 Å². The van der Waals surface area contributed by atoms with Gasteiger partial charge < -0.3 is 0 Å². The molecular weight excluding hydrogens is 170 g/mol. The van der Waals surface area contributed by atoms with Gasteiger partial charge in [-0.25, -0.2) is 0 Å². The molecule has 0 amide bonds. The normalized spacial score (nSPS) is 10.0. The van der Waals surface area contributed by atoms with Crippen molar-refractivity contribution >= 4 is 10.8 Å². The van der Waals surface area contributed by atoms with E-state index in [1.807, 2.05) is 30.6 Å². The van der Waals surface area contributed by atoms with Gasteiger partial charge in [0.25, 0.3) is 0 Å². The lowest BCUT2D eigenvalue weighted by Gasteiger charge is -2.05. The van der Waals surface area contributed by atoms with E-state index >= 15 is 0 Å². The fraction of sp³-hybridized carbons (Fsp3) is 0.154. The number of hydrogen-bond donors (Lipinski definition) is 0. The van der Waals surface area contributed by atoms with Crippen molar-refractivity contribution in [2.45, 2.75) is 13.3 Å². The van der Waals surface area contributed by atoms with Crippen molar-refractivity contribution in [2.24, 2.45) is 0 Å². The average Bonchev–Trinajstić information content (AvgIpc) is 2.27. The van der Waals surface area contributed by atoms with E-state index in [-0.39, 0.29) is 0 Å². The van der Waals surface area contributed by atoms with Crippen molar-refractivity contribution < 1.29 is 0 Å². The number of benzene rings is 1. The van der Waals surface area contributed by atoms with Crippen LogP contribution in [0.4, 0.5) is 0 Å². The third-order valence-corrected chi connectivity index (χ3v) is 2.40. The zero-order valence-corrected chi connectivity index (χ0v) is 8.12. The summed E-state index contributed by atoms with van der Waals surface area (Å²) >= 11 is 0. The summed E-state index contributed by atoms with van der Waals surface area (Å²) < 4.78 is 0. The summed E-state index contributed by atoms with van der Waals surface area (Å²) in [5, 5.41) is 2.30. The molecule has 0 aliphatic carbocycles. The maximum Gasteiger partial charge on any atom is 0.0347 e. The molecule has 0 saturated heterocycles. The van der Waals surface area contributed by atoms with Crippen LogP contribution in [0.5, 0.6) is 0 Å². The molecule has 1 aromatic heterocycles. The van der Waals surface area contributed by atoms with Crippen LogP contribution in [0.3, 0.4) is 0 Å². The maximum absolute atomic E-state index is 5.47. The Hall–Kier alpha value is -1.81. The summed E-state index contributed by atoms with van der Waals surface area (Å²) in [7, 11) is 0. The molecule has 0 fully saturated rings. The molecule has 68 valence electrons. The molecular formula is C13H11N. The third kappa shape index (κ3) is 1.25. The maximum atomic E-state index is 5.47. The number of nitrogens with zero attached hydrogens (tertiary/aromatic N) is 1. The predicted molar refractivity (Wildman–Crippen MR) is 59.1 cm³/mol. The van der Waals surface area contributed by atoms with Crippen LogP contribution < -0.4 is 0 Å². The monoisotopic (exact) mass is 181 g/mol. The highest BCUT2D eigenvalue weighted by molar-refractivity contribution is 5.90. The molecule has 0 atom stereocenters. The topological polar surface area (TPSA) is 12.9 Å². The number of aryl methyl sites for hydroxylation is 1. The van der Waals surface area contributed by atoms with Gasteiger partial charge in [0.05, 0.1) is 0 Å². The summed E-state index contributed by atoms with van der Waals surface area (Å²) in [6.45, 7) is 2.11. The number of pyridine rings is 1. The molecule has 0 unspecified atom stereocenters. The zero-order valence-electron chi connectivity index (χ0n) is 8.12. The lowest BCUT2D eigenvalue weighted by molar-refractivity contribution is 1.13. The number of terminal acetylenes is 1. The molecule has 0 bridgehead atoms. The van der Waals surface area contributed by atoms with Gasteiger partial charge in [0.2, 0.25) is 0 Å². The standard InChI is InChI=1S/C13H11N/c1-3-10-6-5-7-12-9-14-8-11(4-2)13(10)12/h1,5-9H,4H2,2H3. The van der Waals surface area contributed by atoms with Crippen LogP contribution in [-0.2, 0) is 6.42 Å². The first-order valence-corrected chi connectivity index (χ1v) is 4.69. The fourth-order valence-electron chi connectivity index (χ4n) is 1.70. The van der Waals surface area contributed by atoms with E-state index in [1.165, 1.54) is 10.9 Å². The molecule has 0 saturated carbocycles. The lowest BCUT2D eigenvalue weighted by atomic mass is 10.0. The summed E-state index contributed by atoms with van der Waals surface area (Å²) in [4.78, 5) is 4.19. The van der Waals surface area contributed by atoms with Gasteiger partial charge in [-0.3, -0.25) is 4.98 Å². The van der Waals surface area contributed by atoms with Crippen molar-refractivity contribution in [3.05, 3.63) is 41.7 Å². The molecule has 1 nitrogen and oxygen atoms in total. The Kier molecular flexibility index (Phi) is 2.20. The predicted octanol–water partition coefficient (Wildman–Crippen LogP) is 2.78. The quantitative estimate of drug-likeness (QED) is 0.616. The Morgan fingerprint density at radius 2 is 2.21 bits per heavy atom. The van der Waals surface area contributed by atoms with Crippen LogP contribution in [-0.4, -0.2) is 4.98 Å². The number of hydrogen-bond acceptors (Lipinski definition) is 1. The third-order valence-electron chi connectivity index (χ3n) is 2.40. The van der Waals surface area contributed by atoms with E-state index in [0.29, 0.717) is 0 Å². The highest BCUT2D eigenvalue weighted by Crippen LogP contribution is 2.21. The Morgan fingerprint density at radius 3 is 2.93 bits per heavy atom. The van der Waals surface area contributed by atoms with Gasteiger partial charge in [-0.05, 0) is 18.1 Å². The Labute approximate surface area is 83.8 Å². The second kappa shape index (κ2) is 3.51. The minimum Gasteiger partial charge on any atom is -0.264 e. The van der Waals surface area contributed by atoms with Gasteiger partial charge in [-0.2, -0.15) is 0 Å². The van der Waals surface area contributed by atoms with Gasteiger partial charge in [-0.1, -0.05) is 25.0 Å². The smallest absolute Gasteiger partial charge is 0.0347 e. The Morgan fingerprint density at radius 1 is 1.36 bits per heavy atom. The van der Waals surface area contributed by atoms with Crippen molar-refractivity contribution in [1.29, 1.82) is 0 Å². The van der Waals surface area contributed by atoms with Crippen LogP contribution in [0.1, 0.15) is 18.1 Å². The first-order chi connectivity index (χ1) is 6.86. The first kappa shape index (κ1) is 8.77. The van der Waals surface area contributed by atoms with Gasteiger partial charge >= 0.3 is 0 Å². The molecule has 14 heavy (non-hydrogen) atoms. The average molecular weight is 181 g/mol. The highest BCUT2D eigenvalue weighted by Gasteiger charge is 2.02. The Balaban J connectivity index is 2.90. The second-order valence-electron chi connectivity index (χ2n) is 3.20. The van der Waals surface area contributed by atoms with Crippen LogP contribution in [0, 0.1) is 12.3 Å². The molecule has 1 aromatic carbocycles. The van der Waals surface area contributed by atoms with E-state index < -0.39 is 0 Å². The molecule has 0 spiro atoms. The minimum atomic E-state index is 0.960. The Bertz CT molecular complexity index is 501. The highest BCUT2D eigenvalue weighted by atomic mass is 14.6. The van der Waals surface area contributed by atoms with Crippen LogP contribution in [0.15, 0.2) is 30.6 Å². The fourth-order valence-corrected chi connectivity index (χ4v) is 1.70. The zero-order chi connectivity index (χ0) is 9.97. The van der Waals surface area contributed by atoms with Crippen LogP contribution >= 0.6 is 0 Å². The summed E-state index contributed by atoms with van der Waals surface area (Å²) in [5.41, 5.74) is 2.18. The van der Waals surface area contributed by atoms with Crippen molar-refractivity contribution in [2.75, 3.05) is 0 Å². The van der Waals surface area contributed by atoms with E-state index in [1.54, 1.807) is 0 Å². The largest absolute Gasteiger partial charge is 0.264 e. The summed E-state index contributed by atoms with van der Waals surface area (Å²) in [5.74, 6) is 2.72. The molecule has 1 heteroatoms. The lowest BCUT2D eigenvalue weighted by Crippen LogP contribution is -1.89. The van der Waals surface area contributed by atoms with E-state index in [2.05, 4.69) is 17.8 Å². The number of rotatable bonds is 1. The molecule has 0 radical (unpaired) electrons.